The van der Waals surface area contributed by atoms with Crippen LogP contribution in [0.15, 0.2) is 71.6 Å². The van der Waals surface area contributed by atoms with Gasteiger partial charge in [-0.05, 0) is 56.3 Å². The third kappa shape index (κ3) is 5.69. The van der Waals surface area contributed by atoms with E-state index in [1.165, 1.54) is 18.2 Å². The normalized spacial score (nSPS) is 11.9. The topological polar surface area (TPSA) is 99.0 Å². The van der Waals surface area contributed by atoms with Crippen molar-refractivity contribution in [1.82, 2.24) is 9.38 Å². The molecule has 0 spiro atoms. The zero-order valence-electron chi connectivity index (χ0n) is 19.7. The van der Waals surface area contributed by atoms with Crippen LogP contribution in [0.2, 0.25) is 0 Å². The Bertz CT molecular complexity index is 1570. The summed E-state index contributed by atoms with van der Waals surface area (Å²) in [7, 11) is -4.57. The minimum Gasteiger partial charge on any atom is -0.465 e. The van der Waals surface area contributed by atoms with Crippen LogP contribution in [0.1, 0.15) is 18.2 Å². The van der Waals surface area contributed by atoms with Gasteiger partial charge in [0.15, 0.2) is 0 Å². The molecule has 0 aliphatic heterocycles. The summed E-state index contributed by atoms with van der Waals surface area (Å²) in [5, 5.41) is 3.03. The molecule has 0 bridgehead atoms. The van der Waals surface area contributed by atoms with Crippen molar-refractivity contribution in [2.45, 2.75) is 24.9 Å². The molecule has 12 heteroatoms. The second kappa shape index (κ2) is 10.1. The van der Waals surface area contributed by atoms with Gasteiger partial charge in [0.1, 0.15) is 34.3 Å². The van der Waals surface area contributed by atoms with Crippen LogP contribution >= 0.6 is 0 Å². The van der Waals surface area contributed by atoms with Crippen molar-refractivity contribution >= 4 is 27.6 Å². The van der Waals surface area contributed by atoms with Crippen LogP contribution in [-0.4, -0.2) is 36.9 Å². The van der Waals surface area contributed by atoms with Gasteiger partial charge in [-0.1, -0.05) is 24.3 Å². The Labute approximate surface area is 210 Å². The van der Waals surface area contributed by atoms with Gasteiger partial charge in [-0.3, -0.25) is 9.20 Å². The number of hydrogen-bond acceptors (Lipinski definition) is 7. The lowest BCUT2D eigenvalue weighted by Crippen LogP contribution is -2.18. The number of pyridine rings is 1. The molecule has 0 amide bonds. The van der Waals surface area contributed by atoms with Crippen LogP contribution in [-0.2, 0) is 25.8 Å². The second-order valence-electron chi connectivity index (χ2n) is 7.92. The molecule has 194 valence electrons. The number of alkyl halides is 3. The van der Waals surface area contributed by atoms with E-state index in [-0.39, 0.29) is 18.9 Å². The summed E-state index contributed by atoms with van der Waals surface area (Å²) in [6, 6.07) is 14.7. The van der Waals surface area contributed by atoms with E-state index in [1.54, 1.807) is 23.5 Å². The Balaban J connectivity index is 1.70. The number of fused-ring (bicyclic) bond motifs is 1. The zero-order chi connectivity index (χ0) is 26.8. The number of nitrogens with zero attached hydrogens (tertiary/aromatic N) is 2. The monoisotopic (exact) mass is 533 g/mol. The summed E-state index contributed by atoms with van der Waals surface area (Å²) in [6.07, 6.45) is -4.71. The molecule has 4 rings (SSSR count). The van der Waals surface area contributed by atoms with E-state index in [2.05, 4.69) is 10.3 Å². The maximum absolute atomic E-state index is 13.1. The van der Waals surface area contributed by atoms with E-state index in [0.29, 0.717) is 28.8 Å². The number of aryl methyl sites for hydroxylation is 1. The fourth-order valence-electron chi connectivity index (χ4n) is 3.68. The minimum absolute atomic E-state index is 0.125. The zero-order valence-corrected chi connectivity index (χ0v) is 20.6. The van der Waals surface area contributed by atoms with E-state index in [0.717, 1.165) is 23.9 Å². The van der Waals surface area contributed by atoms with Gasteiger partial charge in [-0.2, -0.15) is 21.6 Å². The van der Waals surface area contributed by atoms with E-state index in [4.69, 9.17) is 8.92 Å². The van der Waals surface area contributed by atoms with Crippen LogP contribution in [0.3, 0.4) is 0 Å². The van der Waals surface area contributed by atoms with Crippen molar-refractivity contribution in [3.63, 3.8) is 0 Å². The number of aromatic nitrogens is 2. The molecule has 0 fully saturated rings. The number of halogens is 3. The highest BCUT2D eigenvalue weighted by Gasteiger charge is 2.32. The van der Waals surface area contributed by atoms with Gasteiger partial charge in [0, 0.05) is 11.3 Å². The number of imidazole rings is 1. The van der Waals surface area contributed by atoms with Crippen LogP contribution in [0.25, 0.3) is 16.9 Å². The molecule has 0 atom stereocenters. The molecule has 0 saturated carbocycles. The number of ether oxygens (including phenoxy) is 1. The lowest BCUT2D eigenvalue weighted by molar-refractivity contribution is -0.141. The Hall–Kier alpha value is -4.06. The first-order valence-corrected chi connectivity index (χ1v) is 12.5. The molecule has 0 aliphatic rings. The third-order valence-corrected chi connectivity index (χ3v) is 6.55. The first-order chi connectivity index (χ1) is 17.5. The summed E-state index contributed by atoms with van der Waals surface area (Å²) in [4.78, 5) is 16.0. The van der Waals surface area contributed by atoms with E-state index in [1.807, 2.05) is 19.1 Å². The van der Waals surface area contributed by atoms with Gasteiger partial charge in [-0.15, -0.1) is 0 Å². The van der Waals surface area contributed by atoms with Crippen molar-refractivity contribution in [3.8, 4) is 17.0 Å². The highest BCUT2D eigenvalue weighted by molar-refractivity contribution is 7.87. The number of carbonyl (C=O) groups is 1. The van der Waals surface area contributed by atoms with Crippen LogP contribution in [0.5, 0.6) is 5.75 Å². The van der Waals surface area contributed by atoms with Gasteiger partial charge in [0.25, 0.3) is 0 Å². The molecule has 0 radical (unpaired) electrons. The molecule has 37 heavy (non-hydrogen) atoms. The van der Waals surface area contributed by atoms with Crippen LogP contribution in [0, 0.1) is 6.92 Å². The Morgan fingerprint density at radius 3 is 2.51 bits per heavy atom. The van der Waals surface area contributed by atoms with E-state index >= 15 is 0 Å². The Kier molecular flexibility index (Phi) is 7.12. The summed E-state index contributed by atoms with van der Waals surface area (Å²) in [5.41, 5.74) is 1.14. The fraction of sp³-hybridized carbons (Fsp3) is 0.200. The Morgan fingerprint density at radius 1 is 1.05 bits per heavy atom. The first kappa shape index (κ1) is 26.0. The summed E-state index contributed by atoms with van der Waals surface area (Å²) >= 11 is 0. The molecular formula is C25H22F3N3O5S. The van der Waals surface area contributed by atoms with Crippen molar-refractivity contribution in [3.05, 3.63) is 78.0 Å². The van der Waals surface area contributed by atoms with Gasteiger partial charge in [0.05, 0.1) is 12.2 Å². The van der Waals surface area contributed by atoms with Crippen molar-refractivity contribution in [1.29, 1.82) is 0 Å². The van der Waals surface area contributed by atoms with Gasteiger partial charge in [-0.25, -0.2) is 4.98 Å². The maximum Gasteiger partial charge on any atom is 0.416 e. The predicted octanol–water partition coefficient (Wildman–Crippen LogP) is 5.07. The average Bonchev–Trinajstić information content (AvgIpc) is 3.22. The number of anilines is 1. The molecule has 2 aromatic heterocycles. The molecule has 0 aliphatic carbocycles. The van der Waals surface area contributed by atoms with Gasteiger partial charge >= 0.3 is 22.3 Å². The predicted molar refractivity (Wildman–Crippen MR) is 130 cm³/mol. The fourth-order valence-corrected chi connectivity index (χ4v) is 4.65. The van der Waals surface area contributed by atoms with Crippen LogP contribution < -0.4 is 9.50 Å². The summed E-state index contributed by atoms with van der Waals surface area (Å²) < 4.78 is 76.6. The van der Waals surface area contributed by atoms with Crippen molar-refractivity contribution < 1.29 is 35.3 Å². The van der Waals surface area contributed by atoms with Crippen molar-refractivity contribution in [2.24, 2.45) is 0 Å². The standard InChI is InChI=1S/C25H22F3N3O5S/c1-3-35-22(32)15-29-24-23(30-21-12-4-7-16(2)31(21)24)17-8-5-10-19(13-17)36-37(33,34)20-11-6-9-18(14-20)25(26,27)28/h4-14,29H,3,15H2,1-2H3. The van der Waals surface area contributed by atoms with E-state index < -0.39 is 32.7 Å². The number of hydrogen-bond donors (Lipinski definition) is 1. The SMILES string of the molecule is CCOC(=O)CNc1c(-c2cccc(OS(=O)(=O)c3cccc(C(F)(F)F)c3)c2)nc2cccc(C)n12. The molecule has 2 aromatic carbocycles. The molecule has 2 heterocycles. The number of rotatable bonds is 8. The number of nitrogens with one attached hydrogen (secondary N) is 1. The maximum atomic E-state index is 13.1. The van der Waals surface area contributed by atoms with Crippen LogP contribution in [0.4, 0.5) is 19.0 Å². The third-order valence-electron chi connectivity index (χ3n) is 5.31. The van der Waals surface area contributed by atoms with E-state index in [9.17, 15) is 26.4 Å². The molecular weight excluding hydrogens is 511 g/mol. The molecule has 0 saturated heterocycles. The lowest BCUT2D eigenvalue weighted by atomic mass is 10.1. The highest BCUT2D eigenvalue weighted by atomic mass is 32.2. The molecule has 4 aromatic rings. The second-order valence-corrected chi connectivity index (χ2v) is 9.47. The van der Waals surface area contributed by atoms with Crippen molar-refractivity contribution in [2.75, 3.05) is 18.5 Å². The quantitative estimate of drug-likeness (QED) is 0.249. The number of benzene rings is 2. The molecule has 0 unspecified atom stereocenters. The largest absolute Gasteiger partial charge is 0.465 e. The van der Waals surface area contributed by atoms with Gasteiger partial charge < -0.3 is 14.2 Å². The average molecular weight is 534 g/mol. The molecule has 8 nitrogen and oxygen atoms in total. The lowest BCUT2D eigenvalue weighted by Gasteiger charge is -2.12. The summed E-state index contributed by atoms with van der Waals surface area (Å²) in [5.74, 6) is -0.125. The molecule has 1 N–H and O–H groups in total. The Morgan fingerprint density at radius 2 is 1.78 bits per heavy atom. The summed E-state index contributed by atoms with van der Waals surface area (Å²) in [6.45, 7) is 3.64. The number of carbonyl (C=O) groups excluding carboxylic acids is 1. The number of esters is 1. The highest BCUT2D eigenvalue weighted by Crippen LogP contribution is 2.34. The smallest absolute Gasteiger partial charge is 0.416 e. The minimum atomic E-state index is -4.71. The first-order valence-electron chi connectivity index (χ1n) is 11.1. The van der Waals surface area contributed by atoms with Gasteiger partial charge in [0.2, 0.25) is 0 Å².